The minimum atomic E-state index is 0.000373. The molecule has 0 aliphatic carbocycles. The molecule has 0 unspecified atom stereocenters. The maximum absolute atomic E-state index is 11.9. The number of aliphatic hydroxyl groups excluding tert-OH is 1. The molecule has 0 saturated heterocycles. The molecule has 2 rings (SSSR count). The predicted molar refractivity (Wildman–Crippen MR) is 64.2 cm³/mol. The number of nitrogens with zero attached hydrogens (tertiary/aromatic N) is 2. The van der Waals surface area contributed by atoms with Crippen molar-refractivity contribution in [2.24, 2.45) is 0 Å². The Bertz CT molecular complexity index is 491. The summed E-state index contributed by atoms with van der Waals surface area (Å²) in [5, 5.41) is 12.9. The summed E-state index contributed by atoms with van der Waals surface area (Å²) in [4.78, 5) is 11.9. The highest BCUT2D eigenvalue weighted by atomic mass is 16.3. The fraction of sp³-hybridized carbons (Fsp3) is 0.231. The van der Waals surface area contributed by atoms with Gasteiger partial charge in [0.25, 0.3) is 0 Å². The summed E-state index contributed by atoms with van der Waals surface area (Å²) in [5.41, 5.74) is 1.43. The van der Waals surface area contributed by atoms with Gasteiger partial charge < -0.3 is 5.11 Å². The Morgan fingerprint density at radius 2 is 2.00 bits per heavy atom. The van der Waals surface area contributed by atoms with Crippen molar-refractivity contribution in [1.82, 2.24) is 9.78 Å². The molecule has 17 heavy (non-hydrogen) atoms. The zero-order valence-corrected chi connectivity index (χ0v) is 9.41. The molecule has 0 amide bonds. The lowest BCUT2D eigenvalue weighted by Gasteiger charge is -2.05. The van der Waals surface area contributed by atoms with Crippen molar-refractivity contribution in [1.29, 1.82) is 0 Å². The van der Waals surface area contributed by atoms with Crippen LogP contribution in [-0.2, 0) is 0 Å². The summed E-state index contributed by atoms with van der Waals surface area (Å²) in [7, 11) is 0. The number of rotatable bonds is 5. The van der Waals surface area contributed by atoms with Gasteiger partial charge in [-0.1, -0.05) is 18.2 Å². The van der Waals surface area contributed by atoms with Gasteiger partial charge in [-0.05, 0) is 24.6 Å². The molecule has 1 N–H and O–H groups in total. The highest BCUT2D eigenvalue weighted by molar-refractivity contribution is 5.94. The van der Waals surface area contributed by atoms with Crippen molar-refractivity contribution >= 4 is 5.78 Å². The van der Waals surface area contributed by atoms with Crippen LogP contribution in [0.1, 0.15) is 23.3 Å². The molecule has 0 bridgehead atoms. The van der Waals surface area contributed by atoms with Crippen LogP contribution in [-0.4, -0.2) is 27.3 Å². The Hall–Kier alpha value is -1.94. The van der Waals surface area contributed by atoms with E-state index in [0.717, 1.165) is 5.69 Å². The third-order valence-corrected chi connectivity index (χ3v) is 2.49. The van der Waals surface area contributed by atoms with E-state index in [-0.39, 0.29) is 12.4 Å². The first kappa shape index (κ1) is 11.5. The number of aliphatic hydroxyl groups is 1. The van der Waals surface area contributed by atoms with E-state index in [9.17, 15) is 4.79 Å². The van der Waals surface area contributed by atoms with Gasteiger partial charge in [0, 0.05) is 13.0 Å². The van der Waals surface area contributed by atoms with Crippen molar-refractivity contribution in [2.75, 3.05) is 6.61 Å². The first-order valence-corrected chi connectivity index (χ1v) is 5.56. The molecule has 0 fully saturated rings. The van der Waals surface area contributed by atoms with Crippen LogP contribution in [0.25, 0.3) is 5.69 Å². The second kappa shape index (κ2) is 5.41. The number of carbonyl (C=O) groups excluding carboxylic acids is 1. The Morgan fingerprint density at radius 3 is 2.71 bits per heavy atom. The molecule has 88 valence electrons. The van der Waals surface area contributed by atoms with E-state index in [1.807, 2.05) is 30.3 Å². The summed E-state index contributed by atoms with van der Waals surface area (Å²) < 4.78 is 1.62. The van der Waals surface area contributed by atoms with Crippen LogP contribution in [0.2, 0.25) is 0 Å². The topological polar surface area (TPSA) is 55.1 Å². The van der Waals surface area contributed by atoms with Crippen LogP contribution >= 0.6 is 0 Å². The molecule has 0 aliphatic rings. The van der Waals surface area contributed by atoms with E-state index in [4.69, 9.17) is 5.11 Å². The summed E-state index contributed by atoms with van der Waals surface area (Å²) >= 11 is 0. The number of ketones is 1. The highest BCUT2D eigenvalue weighted by Crippen LogP contribution is 2.12. The third kappa shape index (κ3) is 2.60. The normalized spacial score (nSPS) is 10.4. The summed E-state index contributed by atoms with van der Waals surface area (Å²) in [5.74, 6) is 0.000373. The van der Waals surface area contributed by atoms with E-state index < -0.39 is 0 Å². The maximum Gasteiger partial charge on any atom is 0.181 e. The van der Waals surface area contributed by atoms with E-state index in [0.29, 0.717) is 18.5 Å². The number of benzene rings is 1. The van der Waals surface area contributed by atoms with Gasteiger partial charge in [0.05, 0.1) is 11.9 Å². The van der Waals surface area contributed by atoms with E-state index in [1.54, 1.807) is 16.9 Å². The molecule has 1 aromatic heterocycles. The van der Waals surface area contributed by atoms with Gasteiger partial charge in [0.1, 0.15) is 5.69 Å². The standard InChI is InChI=1S/C13H14N2O2/c16-10-4-7-13(17)12-8-9-14-15(12)11-5-2-1-3-6-11/h1-3,5-6,8-9,16H,4,7,10H2. The molecule has 0 atom stereocenters. The average molecular weight is 230 g/mol. The van der Waals surface area contributed by atoms with Gasteiger partial charge in [-0.2, -0.15) is 5.10 Å². The first-order valence-electron chi connectivity index (χ1n) is 5.56. The minimum absolute atomic E-state index is 0.000373. The number of carbonyl (C=O) groups is 1. The largest absolute Gasteiger partial charge is 0.396 e. The van der Waals surface area contributed by atoms with Crippen molar-refractivity contribution < 1.29 is 9.90 Å². The molecular formula is C13H14N2O2. The number of aromatic nitrogens is 2. The summed E-state index contributed by atoms with van der Waals surface area (Å²) in [6.07, 6.45) is 2.44. The lowest BCUT2D eigenvalue weighted by atomic mass is 10.1. The summed E-state index contributed by atoms with van der Waals surface area (Å²) in [6.45, 7) is 0.0330. The van der Waals surface area contributed by atoms with Crippen molar-refractivity contribution in [3.8, 4) is 5.69 Å². The number of para-hydroxylation sites is 1. The average Bonchev–Trinajstić information content (AvgIpc) is 2.86. The Morgan fingerprint density at radius 1 is 1.24 bits per heavy atom. The third-order valence-electron chi connectivity index (χ3n) is 2.49. The lowest BCUT2D eigenvalue weighted by molar-refractivity contribution is 0.0963. The van der Waals surface area contributed by atoms with Crippen molar-refractivity contribution in [2.45, 2.75) is 12.8 Å². The summed E-state index contributed by atoms with van der Waals surface area (Å²) in [6, 6.07) is 11.2. The molecule has 0 saturated carbocycles. The van der Waals surface area contributed by atoms with E-state index in [1.165, 1.54) is 0 Å². The fourth-order valence-corrected chi connectivity index (χ4v) is 1.66. The van der Waals surface area contributed by atoms with Gasteiger partial charge >= 0.3 is 0 Å². The molecular weight excluding hydrogens is 216 g/mol. The molecule has 0 aliphatic heterocycles. The second-order valence-corrected chi connectivity index (χ2v) is 3.71. The lowest BCUT2D eigenvalue weighted by Crippen LogP contribution is -2.09. The van der Waals surface area contributed by atoms with Crippen molar-refractivity contribution in [3.05, 3.63) is 48.3 Å². The SMILES string of the molecule is O=C(CCCO)c1ccnn1-c1ccccc1. The van der Waals surface area contributed by atoms with Gasteiger partial charge in [-0.25, -0.2) is 4.68 Å². The highest BCUT2D eigenvalue weighted by Gasteiger charge is 2.12. The smallest absolute Gasteiger partial charge is 0.181 e. The Balaban J connectivity index is 2.26. The quantitative estimate of drug-likeness (QED) is 0.797. The Kier molecular flexibility index (Phi) is 3.67. The number of Topliss-reactive ketones (excluding diaryl/α,β-unsaturated/α-hetero) is 1. The minimum Gasteiger partial charge on any atom is -0.396 e. The van der Waals surface area contributed by atoms with Crippen LogP contribution in [0.15, 0.2) is 42.6 Å². The molecule has 2 aromatic rings. The molecule has 4 nitrogen and oxygen atoms in total. The fourth-order valence-electron chi connectivity index (χ4n) is 1.66. The van der Waals surface area contributed by atoms with Gasteiger partial charge in [0.2, 0.25) is 0 Å². The molecule has 0 spiro atoms. The molecule has 1 aromatic carbocycles. The number of hydrogen-bond donors (Lipinski definition) is 1. The number of hydrogen-bond acceptors (Lipinski definition) is 3. The zero-order valence-electron chi connectivity index (χ0n) is 9.41. The van der Waals surface area contributed by atoms with E-state index >= 15 is 0 Å². The maximum atomic E-state index is 11.9. The van der Waals surface area contributed by atoms with Gasteiger partial charge in [0.15, 0.2) is 5.78 Å². The van der Waals surface area contributed by atoms with Gasteiger partial charge in [-0.3, -0.25) is 4.79 Å². The van der Waals surface area contributed by atoms with Crippen LogP contribution in [0.4, 0.5) is 0 Å². The predicted octanol–water partition coefficient (Wildman–Crippen LogP) is 1.83. The van der Waals surface area contributed by atoms with Gasteiger partial charge in [-0.15, -0.1) is 0 Å². The zero-order chi connectivity index (χ0) is 12.1. The molecule has 0 radical (unpaired) electrons. The van der Waals surface area contributed by atoms with Crippen LogP contribution in [0, 0.1) is 0 Å². The first-order chi connectivity index (χ1) is 8.33. The van der Waals surface area contributed by atoms with Crippen molar-refractivity contribution in [3.63, 3.8) is 0 Å². The molecule has 4 heteroatoms. The monoisotopic (exact) mass is 230 g/mol. The second-order valence-electron chi connectivity index (χ2n) is 3.71. The van der Waals surface area contributed by atoms with E-state index in [2.05, 4.69) is 5.10 Å². The van der Waals surface area contributed by atoms with Crippen LogP contribution in [0.5, 0.6) is 0 Å². The van der Waals surface area contributed by atoms with Crippen LogP contribution < -0.4 is 0 Å². The molecule has 1 heterocycles. The Labute approximate surface area is 99.5 Å². The van der Waals surface area contributed by atoms with Crippen LogP contribution in [0.3, 0.4) is 0 Å².